The molecule has 1 aromatic carbocycles. The molecule has 1 heterocycles. The molecule has 5 heteroatoms. The van der Waals surface area contributed by atoms with Crippen LogP contribution >= 0.6 is 0 Å². The van der Waals surface area contributed by atoms with Crippen LogP contribution in [0.2, 0.25) is 0 Å². The van der Waals surface area contributed by atoms with Gasteiger partial charge in [-0.3, -0.25) is 9.69 Å². The molecular weight excluding hydrogens is 316 g/mol. The SMILES string of the molecule is COc1ccc(C(NC(=O)CN2CCCCC2CCO)C(C)C)cc1. The third-order valence-electron chi connectivity index (χ3n) is 5.02. The molecule has 1 aliphatic rings. The number of nitrogens with one attached hydrogen (secondary N) is 1. The van der Waals surface area contributed by atoms with Gasteiger partial charge in [-0.15, -0.1) is 0 Å². The summed E-state index contributed by atoms with van der Waals surface area (Å²) in [6.45, 7) is 5.76. The van der Waals surface area contributed by atoms with Gasteiger partial charge in [-0.05, 0) is 49.4 Å². The second-order valence-corrected chi connectivity index (χ2v) is 7.19. The Morgan fingerprint density at radius 3 is 2.64 bits per heavy atom. The predicted molar refractivity (Wildman–Crippen MR) is 99.6 cm³/mol. The number of amides is 1. The fourth-order valence-corrected chi connectivity index (χ4v) is 3.59. The molecule has 2 atom stereocenters. The highest BCUT2D eigenvalue weighted by atomic mass is 16.5. The molecule has 0 aliphatic carbocycles. The third kappa shape index (κ3) is 5.72. The number of benzene rings is 1. The number of carbonyl (C=O) groups excluding carboxylic acids is 1. The molecule has 1 saturated heterocycles. The minimum Gasteiger partial charge on any atom is -0.497 e. The van der Waals surface area contributed by atoms with Gasteiger partial charge in [-0.1, -0.05) is 32.4 Å². The van der Waals surface area contributed by atoms with Crippen molar-refractivity contribution in [3.05, 3.63) is 29.8 Å². The first kappa shape index (κ1) is 19.7. The zero-order valence-electron chi connectivity index (χ0n) is 15.7. The lowest BCUT2D eigenvalue weighted by atomic mass is 9.95. The van der Waals surface area contributed by atoms with Crippen LogP contribution in [0.4, 0.5) is 0 Å². The van der Waals surface area contributed by atoms with Crippen molar-refractivity contribution in [3.63, 3.8) is 0 Å². The van der Waals surface area contributed by atoms with Crippen LogP contribution in [0.1, 0.15) is 51.1 Å². The molecule has 2 rings (SSSR count). The van der Waals surface area contributed by atoms with Gasteiger partial charge < -0.3 is 15.2 Å². The maximum atomic E-state index is 12.6. The summed E-state index contributed by atoms with van der Waals surface area (Å²) in [6, 6.07) is 8.19. The zero-order valence-corrected chi connectivity index (χ0v) is 15.7. The molecule has 2 unspecified atom stereocenters. The van der Waals surface area contributed by atoms with Gasteiger partial charge in [0.25, 0.3) is 0 Å². The first-order valence-electron chi connectivity index (χ1n) is 9.33. The molecule has 1 amide bonds. The monoisotopic (exact) mass is 348 g/mol. The van der Waals surface area contributed by atoms with Crippen molar-refractivity contribution in [2.75, 3.05) is 26.8 Å². The lowest BCUT2D eigenvalue weighted by Crippen LogP contribution is -2.47. The van der Waals surface area contributed by atoms with E-state index in [4.69, 9.17) is 4.74 Å². The summed E-state index contributed by atoms with van der Waals surface area (Å²) < 4.78 is 5.21. The Bertz CT molecular complexity index is 528. The lowest BCUT2D eigenvalue weighted by molar-refractivity contribution is -0.124. The summed E-state index contributed by atoms with van der Waals surface area (Å²) in [5, 5.41) is 12.4. The Hall–Kier alpha value is -1.59. The summed E-state index contributed by atoms with van der Waals surface area (Å²) in [6.07, 6.45) is 4.13. The van der Waals surface area contributed by atoms with Crippen LogP contribution in [-0.2, 0) is 4.79 Å². The van der Waals surface area contributed by atoms with E-state index < -0.39 is 0 Å². The Morgan fingerprint density at radius 1 is 1.32 bits per heavy atom. The van der Waals surface area contributed by atoms with Gasteiger partial charge in [0.15, 0.2) is 0 Å². The van der Waals surface area contributed by atoms with E-state index >= 15 is 0 Å². The van der Waals surface area contributed by atoms with Crippen LogP contribution in [0.25, 0.3) is 0 Å². The molecule has 0 saturated carbocycles. The molecule has 0 bridgehead atoms. The number of piperidine rings is 1. The van der Waals surface area contributed by atoms with Crippen molar-refractivity contribution in [1.29, 1.82) is 0 Å². The predicted octanol–water partition coefficient (Wildman–Crippen LogP) is 2.75. The zero-order chi connectivity index (χ0) is 18.2. The minimum absolute atomic E-state index is 0.0144. The highest BCUT2D eigenvalue weighted by molar-refractivity contribution is 5.78. The van der Waals surface area contributed by atoms with Crippen molar-refractivity contribution in [3.8, 4) is 5.75 Å². The molecule has 1 fully saturated rings. The fourth-order valence-electron chi connectivity index (χ4n) is 3.59. The topological polar surface area (TPSA) is 61.8 Å². The van der Waals surface area contributed by atoms with Crippen LogP contribution in [0.5, 0.6) is 5.75 Å². The summed E-state index contributed by atoms with van der Waals surface area (Å²) in [7, 11) is 1.65. The van der Waals surface area contributed by atoms with Gasteiger partial charge in [0.1, 0.15) is 5.75 Å². The molecule has 0 spiro atoms. The van der Waals surface area contributed by atoms with Gasteiger partial charge in [-0.2, -0.15) is 0 Å². The molecule has 1 aromatic rings. The van der Waals surface area contributed by atoms with Crippen molar-refractivity contribution in [1.82, 2.24) is 10.2 Å². The number of rotatable bonds is 8. The van der Waals surface area contributed by atoms with Crippen molar-refractivity contribution in [2.45, 2.75) is 51.6 Å². The largest absolute Gasteiger partial charge is 0.497 e. The maximum absolute atomic E-state index is 12.6. The second-order valence-electron chi connectivity index (χ2n) is 7.19. The van der Waals surface area contributed by atoms with E-state index in [1.165, 1.54) is 6.42 Å². The van der Waals surface area contributed by atoms with Crippen molar-refractivity contribution >= 4 is 5.91 Å². The molecule has 1 aliphatic heterocycles. The summed E-state index contributed by atoms with van der Waals surface area (Å²) in [5.41, 5.74) is 1.09. The number of methoxy groups -OCH3 is 1. The molecule has 5 nitrogen and oxygen atoms in total. The van der Waals surface area contributed by atoms with E-state index in [1.807, 2.05) is 24.3 Å². The number of aliphatic hydroxyl groups excluding tert-OH is 1. The van der Waals surface area contributed by atoms with Crippen LogP contribution in [0.15, 0.2) is 24.3 Å². The first-order valence-corrected chi connectivity index (χ1v) is 9.33. The minimum atomic E-state index is -0.0144. The van der Waals surface area contributed by atoms with Gasteiger partial charge in [0.05, 0.1) is 19.7 Å². The van der Waals surface area contributed by atoms with E-state index in [0.29, 0.717) is 18.5 Å². The van der Waals surface area contributed by atoms with Crippen molar-refractivity contribution < 1.29 is 14.6 Å². The van der Waals surface area contributed by atoms with Crippen LogP contribution in [0.3, 0.4) is 0 Å². The highest BCUT2D eigenvalue weighted by Crippen LogP contribution is 2.24. The summed E-state index contributed by atoms with van der Waals surface area (Å²) >= 11 is 0. The number of aliphatic hydroxyl groups is 1. The van der Waals surface area contributed by atoms with E-state index in [1.54, 1.807) is 7.11 Å². The standard InChI is InChI=1S/C20H32N2O3/c1-15(2)20(16-7-9-18(25-3)10-8-16)21-19(24)14-22-12-5-4-6-17(22)11-13-23/h7-10,15,17,20,23H,4-6,11-14H2,1-3H3,(H,21,24). The van der Waals surface area contributed by atoms with Gasteiger partial charge in [0.2, 0.25) is 5.91 Å². The lowest BCUT2D eigenvalue weighted by Gasteiger charge is -2.35. The average molecular weight is 348 g/mol. The number of ether oxygens (including phenoxy) is 1. The molecule has 25 heavy (non-hydrogen) atoms. The number of nitrogens with zero attached hydrogens (tertiary/aromatic N) is 1. The van der Waals surface area contributed by atoms with Gasteiger partial charge >= 0.3 is 0 Å². The number of hydrogen-bond donors (Lipinski definition) is 2. The van der Waals surface area contributed by atoms with Crippen molar-refractivity contribution in [2.24, 2.45) is 5.92 Å². The Balaban J connectivity index is 1.99. The van der Waals surface area contributed by atoms with E-state index in [0.717, 1.165) is 37.1 Å². The molecular formula is C20H32N2O3. The van der Waals surface area contributed by atoms with Crippen LogP contribution in [-0.4, -0.2) is 48.8 Å². The second kappa shape index (κ2) is 9.78. The highest BCUT2D eigenvalue weighted by Gasteiger charge is 2.25. The average Bonchev–Trinajstić information content (AvgIpc) is 2.61. The first-order chi connectivity index (χ1) is 12.0. The quantitative estimate of drug-likeness (QED) is 0.758. The molecule has 0 aromatic heterocycles. The fraction of sp³-hybridized carbons (Fsp3) is 0.650. The molecule has 140 valence electrons. The third-order valence-corrected chi connectivity index (χ3v) is 5.02. The van der Waals surface area contributed by atoms with E-state index in [2.05, 4.69) is 24.1 Å². The Morgan fingerprint density at radius 2 is 2.04 bits per heavy atom. The Labute approximate surface area is 151 Å². The number of hydrogen-bond acceptors (Lipinski definition) is 4. The Kier molecular flexibility index (Phi) is 7.72. The van der Waals surface area contributed by atoms with Gasteiger partial charge in [-0.25, -0.2) is 0 Å². The van der Waals surface area contributed by atoms with E-state index in [-0.39, 0.29) is 18.6 Å². The number of likely N-dealkylation sites (tertiary alicyclic amines) is 1. The smallest absolute Gasteiger partial charge is 0.234 e. The van der Waals surface area contributed by atoms with Crippen LogP contribution < -0.4 is 10.1 Å². The molecule has 2 N–H and O–H groups in total. The van der Waals surface area contributed by atoms with E-state index in [9.17, 15) is 9.90 Å². The molecule has 0 radical (unpaired) electrons. The van der Waals surface area contributed by atoms with Crippen LogP contribution in [0, 0.1) is 5.92 Å². The van der Waals surface area contributed by atoms with Gasteiger partial charge in [0, 0.05) is 12.6 Å². The summed E-state index contributed by atoms with van der Waals surface area (Å²) in [4.78, 5) is 14.9. The number of carbonyl (C=O) groups is 1. The maximum Gasteiger partial charge on any atom is 0.234 e. The summed E-state index contributed by atoms with van der Waals surface area (Å²) in [5.74, 6) is 1.17. The normalized spacial score (nSPS) is 19.6.